The van der Waals surface area contributed by atoms with Gasteiger partial charge in [-0.25, -0.2) is 4.39 Å². The molecule has 80 valence electrons. The Morgan fingerprint density at radius 3 is 3.07 bits per heavy atom. The largest absolute Gasteiger partial charge is 0.299 e. The first-order chi connectivity index (χ1) is 7.25. The first-order valence-corrected chi connectivity index (χ1v) is 6.26. The van der Waals surface area contributed by atoms with Gasteiger partial charge in [0.25, 0.3) is 0 Å². The highest BCUT2D eigenvalue weighted by atomic mass is 32.2. The average molecular weight is 224 g/mol. The van der Waals surface area contributed by atoms with Crippen molar-refractivity contribution in [2.75, 3.05) is 11.5 Å². The van der Waals surface area contributed by atoms with Gasteiger partial charge in [0.05, 0.1) is 0 Å². The number of thioether (sulfide) groups is 1. The molecule has 0 radical (unpaired) electrons. The topological polar surface area (TPSA) is 17.1 Å². The molecule has 3 heteroatoms. The molecule has 1 unspecified atom stereocenters. The van der Waals surface area contributed by atoms with Crippen LogP contribution in [-0.2, 0) is 11.2 Å². The zero-order chi connectivity index (χ0) is 10.7. The van der Waals surface area contributed by atoms with Crippen molar-refractivity contribution in [1.29, 1.82) is 0 Å². The van der Waals surface area contributed by atoms with Crippen molar-refractivity contribution >= 4 is 17.5 Å². The van der Waals surface area contributed by atoms with Crippen LogP contribution in [0.15, 0.2) is 24.3 Å². The fraction of sp³-hybridized carbons (Fsp3) is 0.417. The van der Waals surface area contributed by atoms with Gasteiger partial charge in [0.15, 0.2) is 0 Å². The molecule has 15 heavy (non-hydrogen) atoms. The molecule has 1 aliphatic rings. The standard InChI is InChI=1S/C12H13FOS/c13-11-3-1-2-9(6-11)7-12(14)10-4-5-15-8-10/h1-3,6,10H,4-5,7-8H2. The summed E-state index contributed by atoms with van der Waals surface area (Å²) in [5.41, 5.74) is 0.789. The van der Waals surface area contributed by atoms with E-state index in [1.165, 1.54) is 12.1 Å². The van der Waals surface area contributed by atoms with Crippen LogP contribution < -0.4 is 0 Å². The monoisotopic (exact) mass is 224 g/mol. The fourth-order valence-electron chi connectivity index (χ4n) is 1.78. The van der Waals surface area contributed by atoms with Crippen LogP contribution in [0.2, 0.25) is 0 Å². The Bertz CT molecular complexity index is 358. The minimum Gasteiger partial charge on any atom is -0.299 e. The van der Waals surface area contributed by atoms with Crippen LogP contribution in [0, 0.1) is 11.7 Å². The summed E-state index contributed by atoms with van der Waals surface area (Å²) in [7, 11) is 0. The van der Waals surface area contributed by atoms with E-state index in [1.807, 2.05) is 17.8 Å². The van der Waals surface area contributed by atoms with Gasteiger partial charge < -0.3 is 0 Å². The van der Waals surface area contributed by atoms with Gasteiger partial charge in [0, 0.05) is 18.1 Å². The minimum absolute atomic E-state index is 0.193. The third-order valence-corrected chi connectivity index (χ3v) is 3.81. The minimum atomic E-state index is -0.263. The summed E-state index contributed by atoms with van der Waals surface area (Å²) in [4.78, 5) is 11.8. The van der Waals surface area contributed by atoms with E-state index < -0.39 is 0 Å². The quantitative estimate of drug-likeness (QED) is 0.785. The molecule has 1 atom stereocenters. The molecule has 0 aromatic heterocycles. The molecule has 1 nitrogen and oxygen atoms in total. The maximum Gasteiger partial charge on any atom is 0.141 e. The lowest BCUT2D eigenvalue weighted by Gasteiger charge is -2.06. The van der Waals surface area contributed by atoms with E-state index in [0.29, 0.717) is 6.42 Å². The van der Waals surface area contributed by atoms with Crippen LogP contribution in [-0.4, -0.2) is 17.3 Å². The van der Waals surface area contributed by atoms with Crippen LogP contribution in [0.25, 0.3) is 0 Å². The first kappa shape index (κ1) is 10.7. The molecule has 0 saturated carbocycles. The van der Waals surface area contributed by atoms with E-state index in [9.17, 15) is 9.18 Å². The number of hydrogen-bond donors (Lipinski definition) is 0. The number of benzene rings is 1. The molecular formula is C12H13FOS. The van der Waals surface area contributed by atoms with Crippen molar-refractivity contribution in [3.63, 3.8) is 0 Å². The lowest BCUT2D eigenvalue weighted by Crippen LogP contribution is -2.16. The van der Waals surface area contributed by atoms with Crippen molar-refractivity contribution in [2.45, 2.75) is 12.8 Å². The van der Waals surface area contributed by atoms with Crippen LogP contribution in [0.1, 0.15) is 12.0 Å². The van der Waals surface area contributed by atoms with Gasteiger partial charge in [0.2, 0.25) is 0 Å². The van der Waals surface area contributed by atoms with Crippen LogP contribution in [0.4, 0.5) is 4.39 Å². The molecule has 0 bridgehead atoms. The zero-order valence-corrected chi connectivity index (χ0v) is 9.23. The summed E-state index contributed by atoms with van der Waals surface area (Å²) >= 11 is 1.83. The Labute approximate surface area is 93.1 Å². The van der Waals surface area contributed by atoms with Crippen LogP contribution in [0.3, 0.4) is 0 Å². The van der Waals surface area contributed by atoms with Gasteiger partial charge in [-0.05, 0) is 29.9 Å². The SMILES string of the molecule is O=C(Cc1cccc(F)c1)C1CCSC1. The number of Topliss-reactive ketones (excluding diaryl/α,β-unsaturated/α-hetero) is 1. The molecule has 1 aromatic rings. The van der Waals surface area contributed by atoms with E-state index in [2.05, 4.69) is 0 Å². The number of halogens is 1. The number of carbonyl (C=O) groups excluding carboxylic acids is 1. The van der Waals surface area contributed by atoms with Crippen molar-refractivity contribution < 1.29 is 9.18 Å². The normalized spacial score (nSPS) is 20.5. The summed E-state index contributed by atoms with van der Waals surface area (Å²) in [5.74, 6) is 2.21. The van der Waals surface area contributed by atoms with Crippen LogP contribution >= 0.6 is 11.8 Å². The predicted molar refractivity (Wildman–Crippen MR) is 60.5 cm³/mol. The van der Waals surface area contributed by atoms with E-state index in [-0.39, 0.29) is 17.5 Å². The Morgan fingerprint density at radius 1 is 1.53 bits per heavy atom. The molecule has 2 rings (SSSR count). The summed E-state index contributed by atoms with van der Waals surface area (Å²) in [6, 6.07) is 6.31. The molecule has 0 aliphatic carbocycles. The van der Waals surface area contributed by atoms with Crippen molar-refractivity contribution in [2.24, 2.45) is 5.92 Å². The number of rotatable bonds is 3. The molecule has 1 saturated heterocycles. The summed E-state index contributed by atoms with van der Waals surface area (Å²) in [5, 5.41) is 0. The summed E-state index contributed by atoms with van der Waals surface area (Å²) < 4.78 is 12.9. The number of hydrogen-bond acceptors (Lipinski definition) is 2. The van der Waals surface area contributed by atoms with E-state index in [1.54, 1.807) is 6.07 Å². The second-order valence-corrected chi connectivity index (χ2v) is 4.98. The molecule has 0 spiro atoms. The average Bonchev–Trinajstić information content (AvgIpc) is 2.70. The van der Waals surface area contributed by atoms with E-state index in [4.69, 9.17) is 0 Å². The third-order valence-electron chi connectivity index (χ3n) is 2.65. The Hall–Kier alpha value is -0.830. The smallest absolute Gasteiger partial charge is 0.141 e. The predicted octanol–water partition coefficient (Wildman–Crippen LogP) is 2.69. The van der Waals surface area contributed by atoms with E-state index in [0.717, 1.165) is 23.5 Å². The van der Waals surface area contributed by atoms with Gasteiger partial charge in [-0.15, -0.1) is 0 Å². The van der Waals surface area contributed by atoms with Crippen molar-refractivity contribution in [1.82, 2.24) is 0 Å². The highest BCUT2D eigenvalue weighted by Crippen LogP contribution is 2.25. The Kier molecular flexibility index (Phi) is 3.41. The van der Waals surface area contributed by atoms with Gasteiger partial charge in [0.1, 0.15) is 11.6 Å². The first-order valence-electron chi connectivity index (χ1n) is 5.10. The molecule has 1 fully saturated rings. The molecule has 0 N–H and O–H groups in total. The maximum absolute atomic E-state index is 12.9. The van der Waals surface area contributed by atoms with Crippen LogP contribution in [0.5, 0.6) is 0 Å². The van der Waals surface area contributed by atoms with Gasteiger partial charge >= 0.3 is 0 Å². The van der Waals surface area contributed by atoms with Gasteiger partial charge in [-0.2, -0.15) is 11.8 Å². The zero-order valence-electron chi connectivity index (χ0n) is 8.41. The molecule has 1 aliphatic heterocycles. The summed E-state index contributed by atoms with van der Waals surface area (Å²) in [6.07, 6.45) is 1.36. The summed E-state index contributed by atoms with van der Waals surface area (Å²) in [6.45, 7) is 0. The Morgan fingerprint density at radius 2 is 2.40 bits per heavy atom. The highest BCUT2D eigenvalue weighted by Gasteiger charge is 2.22. The second kappa shape index (κ2) is 4.79. The third kappa shape index (κ3) is 2.81. The fourth-order valence-corrected chi connectivity index (χ4v) is 3.04. The molecule has 1 aromatic carbocycles. The lowest BCUT2D eigenvalue weighted by atomic mass is 9.97. The Balaban J connectivity index is 1.99. The van der Waals surface area contributed by atoms with Crippen molar-refractivity contribution in [3.05, 3.63) is 35.6 Å². The number of ketones is 1. The van der Waals surface area contributed by atoms with Crippen molar-refractivity contribution in [3.8, 4) is 0 Å². The van der Waals surface area contributed by atoms with Gasteiger partial charge in [-0.3, -0.25) is 4.79 Å². The molecule has 0 amide bonds. The second-order valence-electron chi connectivity index (χ2n) is 3.83. The number of carbonyl (C=O) groups is 1. The van der Waals surface area contributed by atoms with E-state index >= 15 is 0 Å². The lowest BCUT2D eigenvalue weighted by molar-refractivity contribution is -0.121. The van der Waals surface area contributed by atoms with Gasteiger partial charge in [-0.1, -0.05) is 12.1 Å². The highest BCUT2D eigenvalue weighted by molar-refractivity contribution is 7.99. The maximum atomic E-state index is 12.9. The molecular weight excluding hydrogens is 211 g/mol. The molecule has 1 heterocycles.